The first-order valence-corrected chi connectivity index (χ1v) is 5.86. The molecular weight excluding hydrogens is 192 g/mol. The number of carboxylic acid groups (broad SMARTS) is 1. The molecule has 3 atom stereocenters. The van der Waals surface area contributed by atoms with Gasteiger partial charge in [0.1, 0.15) is 0 Å². The van der Waals surface area contributed by atoms with Crippen molar-refractivity contribution in [2.24, 2.45) is 17.6 Å². The van der Waals surface area contributed by atoms with Crippen molar-refractivity contribution in [1.82, 2.24) is 4.90 Å². The van der Waals surface area contributed by atoms with E-state index in [4.69, 9.17) is 10.8 Å². The summed E-state index contributed by atoms with van der Waals surface area (Å²) in [5.74, 6) is 0.745. The second-order valence-electron chi connectivity index (χ2n) is 4.89. The maximum absolute atomic E-state index is 10.7. The van der Waals surface area contributed by atoms with Crippen molar-refractivity contribution in [3.63, 3.8) is 0 Å². The van der Waals surface area contributed by atoms with Crippen molar-refractivity contribution in [3.05, 3.63) is 0 Å². The van der Waals surface area contributed by atoms with Crippen molar-refractivity contribution in [2.75, 3.05) is 19.6 Å². The number of hydrogen-bond donors (Lipinski definition) is 2. The highest BCUT2D eigenvalue weighted by Crippen LogP contribution is 2.40. The number of likely N-dealkylation sites (tertiary alicyclic amines) is 1. The molecule has 2 rings (SSSR count). The van der Waals surface area contributed by atoms with Crippen LogP contribution in [-0.2, 0) is 4.79 Å². The lowest BCUT2D eigenvalue weighted by Gasteiger charge is -2.28. The van der Waals surface area contributed by atoms with E-state index in [2.05, 4.69) is 4.90 Å². The first-order valence-electron chi connectivity index (χ1n) is 5.86. The van der Waals surface area contributed by atoms with E-state index < -0.39 is 5.97 Å². The highest BCUT2D eigenvalue weighted by molar-refractivity contribution is 5.69. The van der Waals surface area contributed by atoms with E-state index in [1.54, 1.807) is 0 Å². The highest BCUT2D eigenvalue weighted by atomic mass is 16.4. The Balaban J connectivity index is 1.92. The van der Waals surface area contributed by atoms with Gasteiger partial charge >= 0.3 is 5.97 Å². The molecule has 0 aromatic rings. The molecule has 1 saturated carbocycles. The molecule has 2 fully saturated rings. The number of nitrogens with two attached hydrogens (primary N) is 1. The van der Waals surface area contributed by atoms with Gasteiger partial charge < -0.3 is 10.8 Å². The molecule has 3 N–H and O–H groups in total. The summed E-state index contributed by atoms with van der Waals surface area (Å²) >= 11 is 0. The number of aliphatic carboxylic acids is 1. The fourth-order valence-electron chi connectivity index (χ4n) is 3.27. The van der Waals surface area contributed by atoms with E-state index >= 15 is 0 Å². The Labute approximate surface area is 90.4 Å². The Morgan fingerprint density at radius 3 is 2.93 bits per heavy atom. The molecule has 86 valence electrons. The Morgan fingerprint density at radius 1 is 1.47 bits per heavy atom. The molecule has 0 aromatic heterocycles. The van der Waals surface area contributed by atoms with Crippen LogP contribution in [0, 0.1) is 11.8 Å². The molecule has 2 aliphatic rings. The van der Waals surface area contributed by atoms with Crippen LogP contribution in [0.1, 0.15) is 25.7 Å². The topological polar surface area (TPSA) is 66.6 Å². The van der Waals surface area contributed by atoms with Crippen molar-refractivity contribution in [1.29, 1.82) is 0 Å². The standard InChI is InChI=1S/C11H20N2O2/c12-4-3-8-1-2-10-5-9(8)6-13(10)7-11(14)15/h8-10H,1-7,12H2,(H,14,15). The van der Waals surface area contributed by atoms with E-state index in [1.165, 1.54) is 12.8 Å². The van der Waals surface area contributed by atoms with Crippen LogP contribution >= 0.6 is 0 Å². The summed E-state index contributed by atoms with van der Waals surface area (Å²) in [7, 11) is 0. The fraction of sp³-hybridized carbons (Fsp3) is 0.909. The molecule has 2 bridgehead atoms. The zero-order valence-corrected chi connectivity index (χ0v) is 9.06. The number of hydrogen-bond acceptors (Lipinski definition) is 3. The molecular formula is C11H20N2O2. The van der Waals surface area contributed by atoms with Gasteiger partial charge in [0.15, 0.2) is 0 Å². The SMILES string of the molecule is NCCC1CCC2CC1CN2CC(=O)O. The normalized spacial score (nSPS) is 35.7. The lowest BCUT2D eigenvalue weighted by molar-refractivity contribution is -0.138. The van der Waals surface area contributed by atoms with Gasteiger partial charge in [-0.1, -0.05) is 0 Å². The molecule has 4 nitrogen and oxygen atoms in total. The van der Waals surface area contributed by atoms with Gasteiger partial charge in [0.05, 0.1) is 6.54 Å². The summed E-state index contributed by atoms with van der Waals surface area (Å²) in [5, 5.41) is 8.80. The van der Waals surface area contributed by atoms with Gasteiger partial charge in [-0.2, -0.15) is 0 Å². The first-order chi connectivity index (χ1) is 7.20. The van der Waals surface area contributed by atoms with Crippen LogP contribution in [0.25, 0.3) is 0 Å². The van der Waals surface area contributed by atoms with Crippen LogP contribution in [0.2, 0.25) is 0 Å². The van der Waals surface area contributed by atoms with Gasteiger partial charge in [0.25, 0.3) is 0 Å². The van der Waals surface area contributed by atoms with E-state index in [0.717, 1.165) is 31.8 Å². The molecule has 0 spiro atoms. The average molecular weight is 212 g/mol. The summed E-state index contributed by atoms with van der Waals surface area (Å²) in [4.78, 5) is 12.8. The number of carbonyl (C=O) groups is 1. The van der Waals surface area contributed by atoms with E-state index in [0.29, 0.717) is 12.0 Å². The lowest BCUT2D eigenvalue weighted by Crippen LogP contribution is -2.33. The molecule has 0 radical (unpaired) electrons. The predicted octanol–water partition coefficient (Wildman–Crippen LogP) is 0.520. The van der Waals surface area contributed by atoms with Crippen LogP contribution in [0.3, 0.4) is 0 Å². The third kappa shape index (κ3) is 2.32. The highest BCUT2D eigenvalue weighted by Gasteiger charge is 2.40. The van der Waals surface area contributed by atoms with Crippen LogP contribution in [0.5, 0.6) is 0 Å². The molecule has 1 saturated heterocycles. The Bertz CT molecular complexity index is 245. The van der Waals surface area contributed by atoms with Crippen molar-refractivity contribution < 1.29 is 9.90 Å². The third-order valence-corrected chi connectivity index (χ3v) is 3.97. The van der Waals surface area contributed by atoms with Crippen LogP contribution in [0.15, 0.2) is 0 Å². The van der Waals surface area contributed by atoms with Crippen molar-refractivity contribution >= 4 is 5.97 Å². The average Bonchev–Trinajstić information content (AvgIpc) is 2.49. The van der Waals surface area contributed by atoms with E-state index in [-0.39, 0.29) is 6.54 Å². The van der Waals surface area contributed by atoms with Crippen LogP contribution in [-0.4, -0.2) is 41.7 Å². The van der Waals surface area contributed by atoms with Gasteiger partial charge in [-0.3, -0.25) is 9.69 Å². The largest absolute Gasteiger partial charge is 0.480 e. The number of carboxylic acids is 1. The first kappa shape index (κ1) is 10.9. The van der Waals surface area contributed by atoms with E-state index in [9.17, 15) is 4.79 Å². The predicted molar refractivity (Wildman–Crippen MR) is 57.5 cm³/mol. The van der Waals surface area contributed by atoms with E-state index in [1.807, 2.05) is 0 Å². The lowest BCUT2D eigenvalue weighted by atomic mass is 9.78. The van der Waals surface area contributed by atoms with Gasteiger partial charge in [-0.15, -0.1) is 0 Å². The minimum atomic E-state index is -0.696. The summed E-state index contributed by atoms with van der Waals surface area (Å²) in [6.45, 7) is 1.96. The smallest absolute Gasteiger partial charge is 0.317 e. The zero-order chi connectivity index (χ0) is 10.8. The molecule has 3 unspecified atom stereocenters. The second-order valence-corrected chi connectivity index (χ2v) is 4.89. The maximum atomic E-state index is 10.7. The quantitative estimate of drug-likeness (QED) is 0.713. The van der Waals surface area contributed by atoms with Gasteiger partial charge in [0, 0.05) is 12.6 Å². The fourth-order valence-corrected chi connectivity index (χ4v) is 3.27. The summed E-state index contributed by atoms with van der Waals surface area (Å²) in [6, 6.07) is 0.528. The minimum Gasteiger partial charge on any atom is -0.480 e. The van der Waals surface area contributed by atoms with Crippen molar-refractivity contribution in [3.8, 4) is 0 Å². The minimum absolute atomic E-state index is 0.219. The zero-order valence-electron chi connectivity index (χ0n) is 9.06. The molecule has 1 aliphatic heterocycles. The van der Waals surface area contributed by atoms with Crippen molar-refractivity contribution in [2.45, 2.75) is 31.7 Å². The second kappa shape index (κ2) is 4.49. The third-order valence-electron chi connectivity index (χ3n) is 3.97. The molecule has 4 heteroatoms. The monoisotopic (exact) mass is 212 g/mol. The number of fused-ring (bicyclic) bond motifs is 2. The van der Waals surface area contributed by atoms with Gasteiger partial charge in [-0.05, 0) is 44.1 Å². The van der Waals surface area contributed by atoms with Crippen LogP contribution < -0.4 is 5.73 Å². The summed E-state index contributed by atoms with van der Waals surface area (Å²) < 4.78 is 0. The molecule has 1 heterocycles. The van der Waals surface area contributed by atoms with Gasteiger partial charge in [-0.25, -0.2) is 0 Å². The summed E-state index contributed by atoms with van der Waals surface area (Å²) in [5.41, 5.74) is 5.60. The summed E-state index contributed by atoms with van der Waals surface area (Å²) in [6.07, 6.45) is 4.70. The van der Waals surface area contributed by atoms with Gasteiger partial charge in [0.2, 0.25) is 0 Å². The Hall–Kier alpha value is -0.610. The number of nitrogens with zero attached hydrogens (tertiary/aromatic N) is 1. The number of rotatable bonds is 4. The van der Waals surface area contributed by atoms with Crippen LogP contribution in [0.4, 0.5) is 0 Å². The molecule has 1 aliphatic carbocycles. The molecule has 15 heavy (non-hydrogen) atoms. The Kier molecular flexibility index (Phi) is 3.26. The molecule has 0 amide bonds. The maximum Gasteiger partial charge on any atom is 0.317 e. The molecule has 0 aromatic carbocycles. The Morgan fingerprint density at radius 2 is 2.27 bits per heavy atom.